The second kappa shape index (κ2) is 7.43. The van der Waals surface area contributed by atoms with Crippen LogP contribution in [0, 0.1) is 0 Å². The molecule has 0 radical (unpaired) electrons. The number of anilines is 1. The molecule has 0 atom stereocenters. The molecule has 0 saturated carbocycles. The van der Waals surface area contributed by atoms with Crippen LogP contribution in [0.2, 0.25) is 0 Å². The van der Waals surface area contributed by atoms with E-state index >= 15 is 0 Å². The number of rotatable bonds is 6. The second-order valence-corrected chi connectivity index (χ2v) is 5.90. The van der Waals surface area contributed by atoms with E-state index in [1.165, 1.54) is 29.6 Å². The lowest BCUT2D eigenvalue weighted by molar-refractivity contribution is 0.812. The number of H-pyrrole nitrogens is 1. The average Bonchev–Trinajstić information content (AvgIpc) is 2.46. The minimum absolute atomic E-state index is 0.160. The summed E-state index contributed by atoms with van der Waals surface area (Å²) in [5.74, 6) is 5.91. The van der Waals surface area contributed by atoms with Gasteiger partial charge in [-0.3, -0.25) is 4.79 Å². The van der Waals surface area contributed by atoms with Gasteiger partial charge in [0, 0.05) is 17.8 Å². The number of thioether (sulfide) groups is 1. The van der Waals surface area contributed by atoms with E-state index in [1.807, 2.05) is 13.2 Å². The summed E-state index contributed by atoms with van der Waals surface area (Å²) in [4.78, 5) is 27.3. The molecule has 9 heteroatoms. The summed E-state index contributed by atoms with van der Waals surface area (Å²) in [6.07, 6.45) is 3.59. The summed E-state index contributed by atoms with van der Waals surface area (Å²) in [5.41, 5.74) is 3.12. The van der Waals surface area contributed by atoms with Gasteiger partial charge in [-0.25, -0.2) is 20.8 Å². The number of hydrogen-bond donors (Lipinski definition) is 3. The largest absolute Gasteiger partial charge is 0.308 e. The summed E-state index contributed by atoms with van der Waals surface area (Å²) in [6.45, 7) is 2.05. The Kier molecular flexibility index (Phi) is 5.59. The normalized spacial score (nSPS) is 10.6. The van der Waals surface area contributed by atoms with Crippen molar-refractivity contribution in [1.82, 2.24) is 19.9 Å². The Morgan fingerprint density at radius 3 is 2.81 bits per heavy atom. The van der Waals surface area contributed by atoms with Crippen molar-refractivity contribution in [2.24, 2.45) is 5.84 Å². The van der Waals surface area contributed by atoms with Crippen LogP contribution in [-0.4, -0.2) is 26.2 Å². The number of hydrogen-bond acceptors (Lipinski definition) is 8. The molecular weight excluding hydrogens is 308 g/mol. The Hall–Kier alpha value is -1.58. The van der Waals surface area contributed by atoms with Crippen molar-refractivity contribution < 1.29 is 0 Å². The molecule has 0 aliphatic heterocycles. The highest BCUT2D eigenvalue weighted by atomic mass is 32.2. The quantitative estimate of drug-likeness (QED) is 0.242. The first kappa shape index (κ1) is 15.8. The van der Waals surface area contributed by atoms with Crippen molar-refractivity contribution in [1.29, 1.82) is 0 Å². The van der Waals surface area contributed by atoms with Gasteiger partial charge in [0.05, 0.1) is 0 Å². The van der Waals surface area contributed by atoms with E-state index in [0.29, 0.717) is 21.2 Å². The van der Waals surface area contributed by atoms with Gasteiger partial charge in [0.2, 0.25) is 0 Å². The van der Waals surface area contributed by atoms with Crippen LogP contribution in [0.5, 0.6) is 0 Å². The summed E-state index contributed by atoms with van der Waals surface area (Å²) in [6, 6.07) is 3.23. The molecule has 0 aromatic carbocycles. The van der Waals surface area contributed by atoms with Crippen LogP contribution < -0.4 is 16.8 Å². The van der Waals surface area contributed by atoms with E-state index in [9.17, 15) is 4.79 Å². The maximum atomic E-state index is 11.6. The molecule has 2 rings (SSSR count). The third kappa shape index (κ3) is 4.45. The van der Waals surface area contributed by atoms with Crippen LogP contribution in [0.3, 0.4) is 0 Å². The zero-order chi connectivity index (χ0) is 15.2. The monoisotopic (exact) mass is 324 g/mol. The molecule has 0 fully saturated rings. The van der Waals surface area contributed by atoms with Gasteiger partial charge in [-0.15, -0.1) is 0 Å². The lowest BCUT2D eigenvalue weighted by Gasteiger charge is -2.06. The van der Waals surface area contributed by atoms with Gasteiger partial charge in [0.25, 0.3) is 5.56 Å². The molecule has 7 nitrogen and oxygen atoms in total. The van der Waals surface area contributed by atoms with E-state index in [0.717, 1.165) is 18.5 Å². The van der Waals surface area contributed by atoms with Gasteiger partial charge in [-0.2, -0.15) is 0 Å². The van der Waals surface area contributed by atoms with Crippen molar-refractivity contribution in [3.63, 3.8) is 0 Å². The van der Waals surface area contributed by atoms with Gasteiger partial charge in [-0.1, -0.05) is 25.1 Å². The maximum absolute atomic E-state index is 11.6. The Balaban J connectivity index is 2.31. The maximum Gasteiger partial charge on any atom is 0.251 e. The minimum atomic E-state index is -0.160. The molecule has 0 bridgehead atoms. The third-order valence-corrected chi connectivity index (χ3v) is 3.85. The number of aryl methyl sites for hydroxylation is 1. The third-order valence-electron chi connectivity index (χ3n) is 2.49. The first-order chi connectivity index (χ1) is 10.1. The zero-order valence-electron chi connectivity index (χ0n) is 11.7. The number of nitrogens with one attached hydrogen (secondary N) is 2. The predicted molar refractivity (Wildman–Crippen MR) is 84.6 cm³/mol. The molecular formula is C12H16N6OS2. The number of nitrogen functional groups attached to an aromatic ring is 1. The lowest BCUT2D eigenvalue weighted by Crippen LogP contribution is -2.11. The minimum Gasteiger partial charge on any atom is -0.308 e. The smallest absolute Gasteiger partial charge is 0.251 e. The van der Waals surface area contributed by atoms with Crippen molar-refractivity contribution in [2.45, 2.75) is 35.1 Å². The van der Waals surface area contributed by atoms with Gasteiger partial charge in [0.1, 0.15) is 10.8 Å². The fraction of sp³-hybridized carbons (Fsp3) is 0.333. The summed E-state index contributed by atoms with van der Waals surface area (Å²) < 4.78 is 0. The van der Waals surface area contributed by atoms with E-state index < -0.39 is 0 Å². The molecule has 0 spiro atoms. The highest BCUT2D eigenvalue weighted by molar-refractivity contribution is 7.99. The van der Waals surface area contributed by atoms with Gasteiger partial charge < -0.3 is 10.4 Å². The molecule has 0 aliphatic carbocycles. The molecule has 2 heterocycles. The first-order valence-corrected chi connectivity index (χ1v) is 8.36. The molecule has 0 aliphatic rings. The molecule has 0 unspecified atom stereocenters. The zero-order valence-corrected chi connectivity index (χ0v) is 13.3. The molecule has 4 N–H and O–H groups in total. The number of hydrazine groups is 1. The standard InChI is InChI=1S/C12H16N6OS2/c1-3-4-7-5-9(19)16-12(14-7)21-10-6-8(18-13)15-11(17-10)20-2/h5-6H,3-4,13H2,1-2H3,(H,14,16,19)(H,15,17,18). The lowest BCUT2D eigenvalue weighted by atomic mass is 10.2. The van der Waals surface area contributed by atoms with E-state index in [1.54, 1.807) is 6.07 Å². The number of nitrogens with zero attached hydrogens (tertiary/aromatic N) is 3. The van der Waals surface area contributed by atoms with E-state index in [4.69, 9.17) is 5.84 Å². The Morgan fingerprint density at radius 1 is 1.33 bits per heavy atom. The summed E-state index contributed by atoms with van der Waals surface area (Å²) in [5, 5.41) is 1.78. The molecule has 0 saturated heterocycles. The van der Waals surface area contributed by atoms with Gasteiger partial charge in [0.15, 0.2) is 10.3 Å². The van der Waals surface area contributed by atoms with E-state index in [2.05, 4.69) is 25.4 Å². The topological polar surface area (TPSA) is 110 Å². The first-order valence-electron chi connectivity index (χ1n) is 6.32. The molecule has 2 aromatic rings. The van der Waals surface area contributed by atoms with E-state index in [-0.39, 0.29) is 5.56 Å². The molecule has 112 valence electrons. The van der Waals surface area contributed by atoms with Crippen LogP contribution in [0.25, 0.3) is 0 Å². The molecule has 21 heavy (non-hydrogen) atoms. The summed E-state index contributed by atoms with van der Waals surface area (Å²) >= 11 is 2.69. The van der Waals surface area contributed by atoms with Crippen LogP contribution in [0.15, 0.2) is 32.3 Å². The van der Waals surface area contributed by atoms with Gasteiger partial charge >= 0.3 is 0 Å². The SMILES string of the molecule is CCCc1cc(=O)[nH]c(Sc2cc(NN)nc(SC)n2)n1. The predicted octanol–water partition coefficient (Wildman–Crippen LogP) is 1.67. The number of aromatic nitrogens is 4. The average molecular weight is 324 g/mol. The van der Waals surface area contributed by atoms with Crippen LogP contribution >= 0.6 is 23.5 Å². The van der Waals surface area contributed by atoms with Gasteiger partial charge in [-0.05, 0) is 24.4 Å². The summed E-state index contributed by atoms with van der Waals surface area (Å²) in [7, 11) is 0. The van der Waals surface area contributed by atoms with Crippen LogP contribution in [0.1, 0.15) is 19.0 Å². The van der Waals surface area contributed by atoms with Crippen LogP contribution in [-0.2, 0) is 6.42 Å². The fourth-order valence-electron chi connectivity index (χ4n) is 1.64. The van der Waals surface area contributed by atoms with Crippen molar-refractivity contribution >= 4 is 29.3 Å². The highest BCUT2D eigenvalue weighted by Crippen LogP contribution is 2.25. The number of aromatic amines is 1. The Labute approximate surface area is 130 Å². The second-order valence-electron chi connectivity index (χ2n) is 4.12. The van der Waals surface area contributed by atoms with Crippen molar-refractivity contribution in [3.05, 3.63) is 28.2 Å². The molecule has 0 amide bonds. The number of nitrogens with two attached hydrogens (primary N) is 1. The highest BCUT2D eigenvalue weighted by Gasteiger charge is 2.08. The van der Waals surface area contributed by atoms with Crippen molar-refractivity contribution in [2.75, 3.05) is 11.7 Å². The van der Waals surface area contributed by atoms with Crippen molar-refractivity contribution in [3.8, 4) is 0 Å². The Morgan fingerprint density at radius 2 is 2.14 bits per heavy atom. The Bertz CT molecular complexity index is 653. The molecule has 2 aromatic heterocycles. The van der Waals surface area contributed by atoms with Crippen LogP contribution in [0.4, 0.5) is 5.82 Å². The fourth-order valence-corrected chi connectivity index (χ4v) is 2.89.